The second-order valence-corrected chi connectivity index (χ2v) is 8.85. The number of carbonyl (C=O) groups is 1. The molecule has 0 bridgehead atoms. The van der Waals surface area contributed by atoms with Crippen molar-refractivity contribution in [2.75, 3.05) is 43.4 Å². The number of likely N-dealkylation sites (N-methyl/N-ethyl adjacent to an activating group) is 1. The van der Waals surface area contributed by atoms with Gasteiger partial charge in [-0.3, -0.25) is 9.50 Å². The summed E-state index contributed by atoms with van der Waals surface area (Å²) >= 11 is 0. The minimum Gasteiger partial charge on any atom is -0.465 e. The molecule has 11 nitrogen and oxygen atoms in total. The van der Waals surface area contributed by atoms with Crippen molar-refractivity contribution in [3.05, 3.63) is 30.7 Å². The number of piperazine rings is 1. The molecule has 1 amide bonds. The number of amides is 1. The van der Waals surface area contributed by atoms with E-state index in [-0.39, 0.29) is 6.04 Å². The average Bonchev–Trinajstić information content (AvgIpc) is 3.57. The maximum Gasteiger partial charge on any atom is 0.404 e. The van der Waals surface area contributed by atoms with Gasteiger partial charge in [0.25, 0.3) is 0 Å². The number of fused-ring (bicyclic) bond motifs is 1. The fourth-order valence-corrected chi connectivity index (χ4v) is 3.77. The molecule has 4 N–H and O–H groups in total. The number of nitrogens with one attached hydrogen (secondary N) is 3. The number of imidazole rings is 1. The van der Waals surface area contributed by atoms with Crippen LogP contribution in [0.2, 0.25) is 0 Å². The van der Waals surface area contributed by atoms with Crippen molar-refractivity contribution < 1.29 is 9.90 Å². The summed E-state index contributed by atoms with van der Waals surface area (Å²) in [6.07, 6.45) is 11.9. The predicted molar refractivity (Wildman–Crippen MR) is 134 cm³/mol. The van der Waals surface area contributed by atoms with E-state index in [0.29, 0.717) is 0 Å². The van der Waals surface area contributed by atoms with Gasteiger partial charge in [-0.2, -0.15) is 10.1 Å². The SMILES string of the molecule is C1CCCC1.CC(C)NC(=O)O.CN1CCN(c2cc3nccn3c(Nc3ccn[nH]3)n2)CC1. The van der Waals surface area contributed by atoms with Crippen LogP contribution in [0.1, 0.15) is 46.0 Å². The van der Waals surface area contributed by atoms with E-state index in [1.165, 1.54) is 32.1 Å². The highest BCUT2D eigenvalue weighted by Crippen LogP contribution is 2.21. The van der Waals surface area contributed by atoms with Crippen LogP contribution >= 0.6 is 0 Å². The molecule has 1 aliphatic carbocycles. The third-order valence-corrected chi connectivity index (χ3v) is 5.61. The van der Waals surface area contributed by atoms with Gasteiger partial charge in [-0.15, -0.1) is 0 Å². The van der Waals surface area contributed by atoms with Gasteiger partial charge < -0.3 is 25.5 Å². The van der Waals surface area contributed by atoms with Crippen LogP contribution in [0.15, 0.2) is 30.7 Å². The molecule has 0 aromatic carbocycles. The monoisotopic (exact) mass is 471 g/mol. The first-order valence-corrected chi connectivity index (χ1v) is 12.0. The summed E-state index contributed by atoms with van der Waals surface area (Å²) in [5.74, 6) is 2.49. The van der Waals surface area contributed by atoms with Crippen molar-refractivity contribution in [3.8, 4) is 0 Å². The standard InChI is InChI=1S/C14H18N8.C5H10.C4H9NO2/c1-20-6-8-21(9-7-20)13-10-12-15-4-5-22(12)14(18-13)17-11-2-3-16-19-11;1-2-4-5-3-1;1-3(2)5-4(6)7/h2-5,10H,6-9H2,1H3,(H2,16,17,18,19);1-5H2;3,5H,1-2H3,(H,6,7). The lowest BCUT2D eigenvalue weighted by Crippen LogP contribution is -2.44. The Kier molecular flexibility index (Phi) is 9.51. The Hall–Kier alpha value is -3.34. The van der Waals surface area contributed by atoms with E-state index >= 15 is 0 Å². The number of aromatic amines is 1. The molecular formula is C23H37N9O2. The largest absolute Gasteiger partial charge is 0.465 e. The molecule has 4 heterocycles. The zero-order valence-electron chi connectivity index (χ0n) is 20.4. The molecule has 1 saturated heterocycles. The van der Waals surface area contributed by atoms with Crippen molar-refractivity contribution >= 4 is 29.3 Å². The van der Waals surface area contributed by atoms with E-state index < -0.39 is 6.09 Å². The summed E-state index contributed by atoms with van der Waals surface area (Å²) in [6, 6.07) is 3.92. The fourth-order valence-electron chi connectivity index (χ4n) is 3.77. The number of carboxylic acid groups (broad SMARTS) is 1. The van der Waals surface area contributed by atoms with Crippen LogP contribution in [-0.2, 0) is 0 Å². The summed E-state index contributed by atoms with van der Waals surface area (Å²) in [4.78, 5) is 23.5. The minimum atomic E-state index is -0.963. The molecule has 0 unspecified atom stereocenters. The maximum absolute atomic E-state index is 9.70. The Morgan fingerprint density at radius 1 is 1.09 bits per heavy atom. The van der Waals surface area contributed by atoms with Gasteiger partial charge in [0.1, 0.15) is 17.3 Å². The lowest BCUT2D eigenvalue weighted by atomic mass is 10.3. The molecule has 0 radical (unpaired) electrons. The number of hydrogen-bond donors (Lipinski definition) is 4. The predicted octanol–water partition coefficient (Wildman–Crippen LogP) is 3.56. The van der Waals surface area contributed by atoms with Gasteiger partial charge in [0.05, 0.1) is 6.20 Å². The van der Waals surface area contributed by atoms with Crippen molar-refractivity contribution in [1.29, 1.82) is 0 Å². The molecule has 3 aromatic heterocycles. The van der Waals surface area contributed by atoms with E-state index in [4.69, 9.17) is 10.1 Å². The first-order valence-electron chi connectivity index (χ1n) is 12.0. The second kappa shape index (κ2) is 12.8. The van der Waals surface area contributed by atoms with E-state index in [0.717, 1.165) is 49.4 Å². The third kappa shape index (κ3) is 7.91. The second-order valence-electron chi connectivity index (χ2n) is 8.85. The number of nitrogens with zero attached hydrogens (tertiary/aromatic N) is 6. The van der Waals surface area contributed by atoms with Gasteiger partial charge in [0.2, 0.25) is 5.95 Å². The van der Waals surface area contributed by atoms with Gasteiger partial charge in [-0.1, -0.05) is 32.1 Å². The van der Waals surface area contributed by atoms with E-state index in [2.05, 4.69) is 42.7 Å². The molecule has 1 saturated carbocycles. The molecule has 2 fully saturated rings. The molecule has 3 aromatic rings. The Morgan fingerprint density at radius 3 is 2.29 bits per heavy atom. The Morgan fingerprint density at radius 2 is 1.76 bits per heavy atom. The molecule has 186 valence electrons. The van der Waals surface area contributed by atoms with E-state index in [1.807, 2.05) is 22.7 Å². The lowest BCUT2D eigenvalue weighted by Gasteiger charge is -2.33. The molecular weight excluding hydrogens is 434 g/mol. The van der Waals surface area contributed by atoms with Crippen molar-refractivity contribution in [1.82, 2.24) is 34.8 Å². The third-order valence-electron chi connectivity index (χ3n) is 5.61. The van der Waals surface area contributed by atoms with Crippen molar-refractivity contribution in [2.45, 2.75) is 52.0 Å². The van der Waals surface area contributed by atoms with Gasteiger partial charge in [0.15, 0.2) is 0 Å². The normalized spacial score (nSPS) is 15.9. The molecule has 2 aliphatic rings. The zero-order valence-corrected chi connectivity index (χ0v) is 20.4. The van der Waals surface area contributed by atoms with Crippen LogP contribution in [0.25, 0.3) is 5.65 Å². The summed E-state index contributed by atoms with van der Waals surface area (Å²) in [5.41, 5.74) is 0.881. The Labute approximate surface area is 200 Å². The quantitative estimate of drug-likeness (QED) is 0.455. The fraction of sp³-hybridized carbons (Fsp3) is 0.565. The topological polar surface area (TPSA) is 127 Å². The Balaban J connectivity index is 0.000000223. The summed E-state index contributed by atoms with van der Waals surface area (Å²) in [6.45, 7) is 7.59. The van der Waals surface area contributed by atoms with Gasteiger partial charge in [-0.05, 0) is 20.9 Å². The first-order chi connectivity index (χ1) is 16.4. The molecule has 1 aliphatic heterocycles. The summed E-state index contributed by atoms with van der Waals surface area (Å²) in [5, 5.41) is 20.3. The lowest BCUT2D eigenvalue weighted by molar-refractivity contribution is 0.191. The van der Waals surface area contributed by atoms with E-state index in [9.17, 15) is 4.79 Å². The van der Waals surface area contributed by atoms with Gasteiger partial charge in [0, 0.05) is 56.7 Å². The number of hydrogen-bond acceptors (Lipinski definition) is 7. The van der Waals surface area contributed by atoms with Crippen molar-refractivity contribution in [3.63, 3.8) is 0 Å². The highest BCUT2D eigenvalue weighted by Gasteiger charge is 2.17. The highest BCUT2D eigenvalue weighted by atomic mass is 16.4. The first kappa shape index (κ1) is 25.3. The molecule has 11 heteroatoms. The van der Waals surface area contributed by atoms with Crippen LogP contribution in [0.3, 0.4) is 0 Å². The number of rotatable bonds is 4. The van der Waals surface area contributed by atoms with Crippen LogP contribution < -0.4 is 15.5 Å². The molecule has 34 heavy (non-hydrogen) atoms. The maximum atomic E-state index is 9.70. The highest BCUT2D eigenvalue weighted by molar-refractivity contribution is 5.64. The molecule has 0 spiro atoms. The average molecular weight is 472 g/mol. The van der Waals surface area contributed by atoms with Crippen LogP contribution in [-0.4, -0.2) is 79.9 Å². The van der Waals surface area contributed by atoms with Gasteiger partial charge in [-0.25, -0.2) is 9.78 Å². The zero-order chi connectivity index (χ0) is 24.3. The van der Waals surface area contributed by atoms with Crippen LogP contribution in [0.4, 0.5) is 22.4 Å². The number of aromatic nitrogens is 5. The number of anilines is 3. The van der Waals surface area contributed by atoms with Gasteiger partial charge >= 0.3 is 6.09 Å². The minimum absolute atomic E-state index is 0.0255. The van der Waals surface area contributed by atoms with Crippen molar-refractivity contribution in [2.24, 2.45) is 0 Å². The number of H-pyrrole nitrogens is 1. The van der Waals surface area contributed by atoms with E-state index in [1.54, 1.807) is 26.2 Å². The summed E-state index contributed by atoms with van der Waals surface area (Å²) < 4.78 is 1.93. The van der Waals surface area contributed by atoms with Crippen LogP contribution in [0.5, 0.6) is 0 Å². The van der Waals surface area contributed by atoms with Crippen LogP contribution in [0, 0.1) is 0 Å². The summed E-state index contributed by atoms with van der Waals surface area (Å²) in [7, 11) is 2.15. The smallest absolute Gasteiger partial charge is 0.404 e. The molecule has 5 rings (SSSR count). The molecule has 0 atom stereocenters. The Bertz CT molecular complexity index is 984.